The molecule has 0 aliphatic carbocycles. The van der Waals surface area contributed by atoms with Gasteiger partial charge in [-0.05, 0) is 30.0 Å². The molecular formula is C14H20BrNO. The standard InChI is InChI=1S/C14H20BrNO/c1-10(11-6-5-7-12(15)8-11)16-13(17)9-14(2,3)4/h5-8,10H,9H2,1-4H3,(H,16,17). The van der Waals surface area contributed by atoms with Crippen LogP contribution in [0.1, 0.15) is 45.7 Å². The van der Waals surface area contributed by atoms with Crippen LogP contribution in [-0.2, 0) is 4.79 Å². The van der Waals surface area contributed by atoms with Crippen LogP contribution < -0.4 is 5.32 Å². The summed E-state index contributed by atoms with van der Waals surface area (Å²) in [5.74, 6) is 0.102. The average Bonchev–Trinajstić information content (AvgIpc) is 2.14. The Balaban J connectivity index is 2.61. The number of carbonyl (C=O) groups is 1. The van der Waals surface area contributed by atoms with E-state index < -0.39 is 0 Å². The van der Waals surface area contributed by atoms with Gasteiger partial charge in [0.25, 0.3) is 0 Å². The Morgan fingerprint density at radius 2 is 2.06 bits per heavy atom. The van der Waals surface area contributed by atoms with Crippen molar-refractivity contribution < 1.29 is 4.79 Å². The van der Waals surface area contributed by atoms with Crippen molar-refractivity contribution in [2.45, 2.75) is 40.2 Å². The quantitative estimate of drug-likeness (QED) is 0.895. The molecule has 0 heterocycles. The molecule has 0 fully saturated rings. The molecule has 2 nitrogen and oxygen atoms in total. The van der Waals surface area contributed by atoms with E-state index in [2.05, 4.69) is 42.0 Å². The summed E-state index contributed by atoms with van der Waals surface area (Å²) in [6.45, 7) is 8.20. The Kier molecular flexibility index (Phi) is 4.75. The summed E-state index contributed by atoms with van der Waals surface area (Å²) >= 11 is 3.43. The van der Waals surface area contributed by atoms with Crippen LogP contribution in [0.15, 0.2) is 28.7 Å². The van der Waals surface area contributed by atoms with E-state index in [-0.39, 0.29) is 17.4 Å². The minimum Gasteiger partial charge on any atom is -0.350 e. The zero-order chi connectivity index (χ0) is 13.1. The molecule has 1 rings (SSSR count). The fraction of sp³-hybridized carbons (Fsp3) is 0.500. The smallest absolute Gasteiger partial charge is 0.220 e. The van der Waals surface area contributed by atoms with E-state index in [0.717, 1.165) is 10.0 Å². The lowest BCUT2D eigenvalue weighted by molar-refractivity contribution is -0.123. The molecule has 3 heteroatoms. The van der Waals surface area contributed by atoms with E-state index in [4.69, 9.17) is 0 Å². The second-order valence-corrected chi connectivity index (χ2v) is 6.50. The summed E-state index contributed by atoms with van der Waals surface area (Å²) < 4.78 is 1.03. The van der Waals surface area contributed by atoms with Crippen LogP contribution in [0.3, 0.4) is 0 Å². The third-order valence-corrected chi connectivity index (χ3v) is 2.91. The molecule has 1 atom stereocenters. The van der Waals surface area contributed by atoms with Crippen LogP contribution in [0, 0.1) is 5.41 Å². The summed E-state index contributed by atoms with van der Waals surface area (Å²) in [7, 11) is 0. The van der Waals surface area contributed by atoms with Crippen LogP contribution >= 0.6 is 15.9 Å². The van der Waals surface area contributed by atoms with Crippen molar-refractivity contribution in [1.82, 2.24) is 5.32 Å². The van der Waals surface area contributed by atoms with Crippen LogP contribution in [0.2, 0.25) is 0 Å². The second-order valence-electron chi connectivity index (χ2n) is 5.58. The first-order valence-corrected chi connectivity index (χ1v) is 6.62. The molecule has 1 aromatic rings. The van der Waals surface area contributed by atoms with E-state index in [1.54, 1.807) is 0 Å². The van der Waals surface area contributed by atoms with E-state index in [1.165, 1.54) is 0 Å². The number of hydrogen-bond donors (Lipinski definition) is 1. The van der Waals surface area contributed by atoms with Gasteiger partial charge in [0.1, 0.15) is 0 Å². The maximum Gasteiger partial charge on any atom is 0.220 e. The molecule has 0 bridgehead atoms. The van der Waals surface area contributed by atoms with Gasteiger partial charge < -0.3 is 5.32 Å². The minimum absolute atomic E-state index is 0.0288. The zero-order valence-electron chi connectivity index (χ0n) is 10.9. The summed E-state index contributed by atoms with van der Waals surface area (Å²) in [6.07, 6.45) is 0.547. The largest absolute Gasteiger partial charge is 0.350 e. The van der Waals surface area contributed by atoms with Gasteiger partial charge in [0, 0.05) is 10.9 Å². The zero-order valence-corrected chi connectivity index (χ0v) is 12.5. The fourth-order valence-corrected chi connectivity index (χ4v) is 2.05. The number of nitrogens with one attached hydrogen (secondary N) is 1. The van der Waals surface area contributed by atoms with Gasteiger partial charge in [-0.25, -0.2) is 0 Å². The molecule has 0 aliphatic rings. The van der Waals surface area contributed by atoms with Gasteiger partial charge in [0.2, 0.25) is 5.91 Å². The topological polar surface area (TPSA) is 29.1 Å². The normalized spacial score (nSPS) is 13.2. The first-order chi connectivity index (χ1) is 7.78. The highest BCUT2D eigenvalue weighted by atomic mass is 79.9. The van der Waals surface area contributed by atoms with Crippen LogP contribution in [0.25, 0.3) is 0 Å². The maximum atomic E-state index is 11.8. The number of benzene rings is 1. The Morgan fingerprint density at radius 3 is 2.59 bits per heavy atom. The molecule has 17 heavy (non-hydrogen) atoms. The molecule has 0 aliphatic heterocycles. The highest BCUT2D eigenvalue weighted by Gasteiger charge is 2.17. The van der Waals surface area contributed by atoms with Crippen molar-refractivity contribution in [2.24, 2.45) is 5.41 Å². The van der Waals surface area contributed by atoms with Crippen molar-refractivity contribution in [3.05, 3.63) is 34.3 Å². The highest BCUT2D eigenvalue weighted by Crippen LogP contribution is 2.21. The van der Waals surface area contributed by atoms with Gasteiger partial charge in [-0.15, -0.1) is 0 Å². The van der Waals surface area contributed by atoms with Crippen LogP contribution in [0.4, 0.5) is 0 Å². The van der Waals surface area contributed by atoms with Crippen molar-refractivity contribution in [3.8, 4) is 0 Å². The Bertz CT molecular complexity index is 395. The Hall–Kier alpha value is -0.830. The van der Waals surface area contributed by atoms with Crippen LogP contribution in [-0.4, -0.2) is 5.91 Å². The highest BCUT2D eigenvalue weighted by molar-refractivity contribution is 9.10. The predicted molar refractivity (Wildman–Crippen MR) is 74.8 cm³/mol. The van der Waals surface area contributed by atoms with E-state index in [9.17, 15) is 4.79 Å². The molecular weight excluding hydrogens is 278 g/mol. The SMILES string of the molecule is CC(NC(=O)CC(C)(C)C)c1cccc(Br)c1. The lowest BCUT2D eigenvalue weighted by atomic mass is 9.91. The molecule has 1 unspecified atom stereocenters. The molecule has 1 aromatic carbocycles. The monoisotopic (exact) mass is 297 g/mol. The summed E-state index contributed by atoms with van der Waals surface area (Å²) in [5, 5.41) is 3.02. The van der Waals surface area contributed by atoms with Crippen molar-refractivity contribution in [1.29, 1.82) is 0 Å². The van der Waals surface area contributed by atoms with Crippen molar-refractivity contribution in [3.63, 3.8) is 0 Å². The number of amides is 1. The summed E-state index contributed by atoms with van der Waals surface area (Å²) in [6, 6.07) is 8.05. The third kappa shape index (κ3) is 5.35. The molecule has 94 valence electrons. The summed E-state index contributed by atoms with van der Waals surface area (Å²) in [4.78, 5) is 11.8. The minimum atomic E-state index is 0.0288. The molecule has 0 saturated carbocycles. The van der Waals surface area contributed by atoms with E-state index >= 15 is 0 Å². The van der Waals surface area contributed by atoms with Gasteiger partial charge in [-0.1, -0.05) is 48.8 Å². The predicted octanol–water partition coefficient (Wildman–Crippen LogP) is 4.06. The molecule has 0 spiro atoms. The number of rotatable bonds is 3. The molecule has 0 aromatic heterocycles. The van der Waals surface area contributed by atoms with E-state index in [0.29, 0.717) is 6.42 Å². The van der Waals surface area contributed by atoms with Gasteiger partial charge in [0.15, 0.2) is 0 Å². The summed E-state index contributed by atoms with van der Waals surface area (Å²) in [5.41, 5.74) is 1.14. The molecule has 1 amide bonds. The maximum absolute atomic E-state index is 11.8. The van der Waals surface area contributed by atoms with Gasteiger partial charge in [-0.2, -0.15) is 0 Å². The van der Waals surface area contributed by atoms with Gasteiger partial charge in [0.05, 0.1) is 6.04 Å². The Labute approximate surface area is 112 Å². The average molecular weight is 298 g/mol. The van der Waals surface area contributed by atoms with Crippen LogP contribution in [0.5, 0.6) is 0 Å². The molecule has 0 saturated heterocycles. The molecule has 1 N–H and O–H groups in total. The second kappa shape index (κ2) is 5.67. The van der Waals surface area contributed by atoms with E-state index in [1.807, 2.05) is 31.2 Å². The number of carbonyl (C=O) groups excluding carboxylic acids is 1. The Morgan fingerprint density at radius 1 is 1.41 bits per heavy atom. The van der Waals surface area contributed by atoms with Gasteiger partial charge in [-0.3, -0.25) is 4.79 Å². The van der Waals surface area contributed by atoms with Gasteiger partial charge >= 0.3 is 0 Å². The van der Waals surface area contributed by atoms with Crippen molar-refractivity contribution >= 4 is 21.8 Å². The first-order valence-electron chi connectivity index (χ1n) is 5.83. The number of hydrogen-bond acceptors (Lipinski definition) is 1. The number of halogens is 1. The third-order valence-electron chi connectivity index (χ3n) is 2.42. The lowest BCUT2D eigenvalue weighted by Crippen LogP contribution is -2.29. The van der Waals surface area contributed by atoms with Crippen molar-refractivity contribution in [2.75, 3.05) is 0 Å². The fourth-order valence-electron chi connectivity index (χ4n) is 1.63. The molecule has 0 radical (unpaired) electrons. The lowest BCUT2D eigenvalue weighted by Gasteiger charge is -2.20. The first kappa shape index (κ1) is 14.2.